The fourth-order valence-corrected chi connectivity index (χ4v) is 2.60. The summed E-state index contributed by atoms with van der Waals surface area (Å²) in [5, 5.41) is 4.02. The van der Waals surface area contributed by atoms with Crippen molar-refractivity contribution in [3.05, 3.63) is 12.4 Å². The zero-order valence-corrected chi connectivity index (χ0v) is 12.3. The van der Waals surface area contributed by atoms with Gasteiger partial charge in [0.25, 0.3) is 0 Å². The number of hydrogen-bond acceptors (Lipinski definition) is 5. The van der Waals surface area contributed by atoms with Crippen molar-refractivity contribution in [3.63, 3.8) is 0 Å². The molecule has 1 heterocycles. The minimum Gasteiger partial charge on any atom is -0.380 e. The molecule has 1 aromatic rings. The van der Waals surface area contributed by atoms with E-state index in [2.05, 4.69) is 5.10 Å². The first-order valence-corrected chi connectivity index (χ1v) is 7.73. The van der Waals surface area contributed by atoms with E-state index in [0.717, 1.165) is 6.42 Å². The van der Waals surface area contributed by atoms with Gasteiger partial charge in [0.05, 0.1) is 12.8 Å². The molecule has 0 unspecified atom stereocenters. The summed E-state index contributed by atoms with van der Waals surface area (Å²) in [5.74, 6) is 0. The van der Waals surface area contributed by atoms with Crippen molar-refractivity contribution in [2.45, 2.75) is 24.8 Å². The SMILES string of the molecule is CCOCCN(C)S(=O)(=O)c1cnn(CCCN)c1. The van der Waals surface area contributed by atoms with Gasteiger partial charge in [-0.25, -0.2) is 8.42 Å². The summed E-state index contributed by atoms with van der Waals surface area (Å²) < 4.78 is 32.4. The standard InChI is InChI=1S/C11H22N4O3S/c1-3-18-8-7-14(2)19(16,17)11-9-13-15(10-11)6-4-5-12/h9-10H,3-8,12H2,1-2H3. The van der Waals surface area contributed by atoms with Gasteiger partial charge in [-0.2, -0.15) is 9.40 Å². The van der Waals surface area contributed by atoms with Crippen LogP contribution in [0.4, 0.5) is 0 Å². The third kappa shape index (κ3) is 4.57. The maximum absolute atomic E-state index is 12.2. The normalized spacial score (nSPS) is 12.2. The van der Waals surface area contributed by atoms with Crippen LogP contribution in [0.1, 0.15) is 13.3 Å². The summed E-state index contributed by atoms with van der Waals surface area (Å²) in [4.78, 5) is 0.198. The molecule has 1 rings (SSSR count). The van der Waals surface area contributed by atoms with Crippen molar-refractivity contribution >= 4 is 10.0 Å². The van der Waals surface area contributed by atoms with Crippen LogP contribution in [0.15, 0.2) is 17.3 Å². The lowest BCUT2D eigenvalue weighted by molar-refractivity contribution is 0.138. The molecule has 19 heavy (non-hydrogen) atoms. The first-order valence-electron chi connectivity index (χ1n) is 6.29. The number of aryl methyl sites for hydroxylation is 1. The summed E-state index contributed by atoms with van der Waals surface area (Å²) in [6.45, 7) is 4.32. The van der Waals surface area contributed by atoms with Crippen LogP contribution in [-0.4, -0.2) is 55.9 Å². The Balaban J connectivity index is 2.68. The average molecular weight is 290 g/mol. The Hall–Kier alpha value is -0.960. The summed E-state index contributed by atoms with van der Waals surface area (Å²) in [7, 11) is -1.95. The lowest BCUT2D eigenvalue weighted by Gasteiger charge is -2.15. The minimum atomic E-state index is -3.48. The molecule has 2 N–H and O–H groups in total. The lowest BCUT2D eigenvalue weighted by atomic mass is 10.4. The van der Waals surface area contributed by atoms with Crippen LogP contribution >= 0.6 is 0 Å². The van der Waals surface area contributed by atoms with E-state index < -0.39 is 10.0 Å². The summed E-state index contributed by atoms with van der Waals surface area (Å²) in [5.41, 5.74) is 5.40. The Morgan fingerprint density at radius 3 is 2.89 bits per heavy atom. The molecule has 7 nitrogen and oxygen atoms in total. The molecule has 0 spiro atoms. The highest BCUT2D eigenvalue weighted by Crippen LogP contribution is 2.13. The van der Waals surface area contributed by atoms with Crippen molar-refractivity contribution in [2.75, 3.05) is 33.4 Å². The molecule has 0 fully saturated rings. The Labute approximate surface area is 114 Å². The zero-order valence-electron chi connectivity index (χ0n) is 11.4. The largest absolute Gasteiger partial charge is 0.380 e. The topological polar surface area (TPSA) is 90.5 Å². The molecule has 110 valence electrons. The van der Waals surface area contributed by atoms with Crippen LogP contribution in [0, 0.1) is 0 Å². The predicted molar refractivity (Wildman–Crippen MR) is 72.2 cm³/mol. The predicted octanol–water partition coefficient (Wildman–Crippen LogP) is -0.111. The number of nitrogens with zero attached hydrogens (tertiary/aromatic N) is 3. The number of sulfonamides is 1. The van der Waals surface area contributed by atoms with Crippen LogP contribution in [0.25, 0.3) is 0 Å². The molecular weight excluding hydrogens is 268 g/mol. The van der Waals surface area contributed by atoms with Crippen molar-refractivity contribution < 1.29 is 13.2 Å². The maximum atomic E-state index is 12.2. The van der Waals surface area contributed by atoms with Crippen LogP contribution in [-0.2, 0) is 21.3 Å². The van der Waals surface area contributed by atoms with E-state index in [0.29, 0.717) is 32.8 Å². The number of nitrogens with two attached hydrogens (primary N) is 1. The van der Waals surface area contributed by atoms with E-state index in [4.69, 9.17) is 10.5 Å². The molecule has 0 aliphatic heterocycles. The van der Waals surface area contributed by atoms with Gasteiger partial charge in [-0.15, -0.1) is 0 Å². The van der Waals surface area contributed by atoms with E-state index in [1.54, 1.807) is 4.68 Å². The van der Waals surface area contributed by atoms with Gasteiger partial charge in [-0.1, -0.05) is 0 Å². The fraction of sp³-hybridized carbons (Fsp3) is 0.727. The van der Waals surface area contributed by atoms with Gasteiger partial charge < -0.3 is 10.5 Å². The van der Waals surface area contributed by atoms with Gasteiger partial charge in [-0.05, 0) is 19.9 Å². The highest BCUT2D eigenvalue weighted by molar-refractivity contribution is 7.89. The molecule has 1 aromatic heterocycles. The van der Waals surface area contributed by atoms with Gasteiger partial charge in [0, 0.05) is 32.9 Å². The molecule has 0 aliphatic carbocycles. The van der Waals surface area contributed by atoms with Gasteiger partial charge in [0.15, 0.2) is 0 Å². The number of likely N-dealkylation sites (N-methyl/N-ethyl adjacent to an activating group) is 1. The highest BCUT2D eigenvalue weighted by Gasteiger charge is 2.22. The first-order chi connectivity index (χ1) is 9.02. The molecule has 0 aromatic carbocycles. The number of rotatable bonds is 9. The summed E-state index contributed by atoms with van der Waals surface area (Å²) >= 11 is 0. The molecule has 0 aliphatic rings. The van der Waals surface area contributed by atoms with E-state index in [-0.39, 0.29) is 4.90 Å². The van der Waals surface area contributed by atoms with Crippen molar-refractivity contribution in [1.29, 1.82) is 0 Å². The second kappa shape index (κ2) is 7.59. The Morgan fingerprint density at radius 1 is 1.53 bits per heavy atom. The number of aromatic nitrogens is 2. The smallest absolute Gasteiger partial charge is 0.246 e. The zero-order chi connectivity index (χ0) is 14.3. The van der Waals surface area contributed by atoms with Gasteiger partial charge in [0.1, 0.15) is 4.90 Å². The highest BCUT2D eigenvalue weighted by atomic mass is 32.2. The minimum absolute atomic E-state index is 0.198. The average Bonchev–Trinajstić information content (AvgIpc) is 2.85. The third-order valence-corrected chi connectivity index (χ3v) is 4.47. The lowest BCUT2D eigenvalue weighted by Crippen LogP contribution is -2.30. The third-order valence-electron chi connectivity index (χ3n) is 2.66. The molecule has 0 bridgehead atoms. The Kier molecular flexibility index (Phi) is 6.43. The first kappa shape index (κ1) is 16.1. The van der Waals surface area contributed by atoms with Gasteiger partial charge in [0.2, 0.25) is 10.0 Å². The van der Waals surface area contributed by atoms with Crippen molar-refractivity contribution in [2.24, 2.45) is 5.73 Å². The molecular formula is C11H22N4O3S. The molecule has 0 amide bonds. The molecule has 8 heteroatoms. The van der Waals surface area contributed by atoms with Crippen molar-refractivity contribution in [1.82, 2.24) is 14.1 Å². The van der Waals surface area contributed by atoms with Crippen LogP contribution in [0.2, 0.25) is 0 Å². The van der Waals surface area contributed by atoms with Crippen LogP contribution in [0.5, 0.6) is 0 Å². The Morgan fingerprint density at radius 2 is 2.26 bits per heavy atom. The quantitative estimate of drug-likeness (QED) is 0.641. The summed E-state index contributed by atoms with van der Waals surface area (Å²) in [6, 6.07) is 0. The number of ether oxygens (including phenoxy) is 1. The second-order valence-electron chi connectivity index (χ2n) is 4.10. The maximum Gasteiger partial charge on any atom is 0.246 e. The van der Waals surface area contributed by atoms with Crippen molar-refractivity contribution in [3.8, 4) is 0 Å². The summed E-state index contributed by atoms with van der Waals surface area (Å²) in [6.07, 6.45) is 3.66. The number of hydrogen-bond donors (Lipinski definition) is 1. The van der Waals surface area contributed by atoms with E-state index in [1.165, 1.54) is 23.7 Å². The molecule has 0 saturated carbocycles. The molecule has 0 radical (unpaired) electrons. The van der Waals surface area contributed by atoms with E-state index in [1.807, 2.05) is 6.92 Å². The van der Waals surface area contributed by atoms with Crippen LogP contribution in [0.3, 0.4) is 0 Å². The fourth-order valence-electron chi connectivity index (χ4n) is 1.49. The van der Waals surface area contributed by atoms with E-state index in [9.17, 15) is 8.42 Å². The molecule has 0 atom stereocenters. The second-order valence-corrected chi connectivity index (χ2v) is 6.15. The van der Waals surface area contributed by atoms with Gasteiger partial charge >= 0.3 is 0 Å². The van der Waals surface area contributed by atoms with Gasteiger partial charge in [-0.3, -0.25) is 4.68 Å². The monoisotopic (exact) mass is 290 g/mol. The Bertz CT molecular complexity index is 472. The van der Waals surface area contributed by atoms with E-state index >= 15 is 0 Å². The molecule has 0 saturated heterocycles. The van der Waals surface area contributed by atoms with Crippen LogP contribution < -0.4 is 5.73 Å².